The zero-order chi connectivity index (χ0) is 13.7. The molecular weight excluding hydrogens is 246 g/mol. The molecular formula is C14H23NO4. The summed E-state index contributed by atoms with van der Waals surface area (Å²) in [5, 5.41) is 11.9. The number of carboxylic acid groups (broad SMARTS) is 1. The fourth-order valence-electron chi connectivity index (χ4n) is 3.02. The Hall–Kier alpha value is -1.10. The average Bonchev–Trinajstić information content (AvgIpc) is 2.92. The normalized spacial score (nSPS) is 31.1. The molecule has 0 aromatic carbocycles. The summed E-state index contributed by atoms with van der Waals surface area (Å²) < 4.78 is 5.50. The van der Waals surface area contributed by atoms with Crippen LogP contribution in [0, 0.1) is 11.8 Å². The number of ether oxygens (including phenoxy) is 1. The molecule has 0 bridgehead atoms. The van der Waals surface area contributed by atoms with Gasteiger partial charge in [-0.1, -0.05) is 6.42 Å². The Balaban J connectivity index is 1.68. The number of carboxylic acids is 1. The highest BCUT2D eigenvalue weighted by atomic mass is 16.5. The number of aliphatic carboxylic acids is 1. The fraction of sp³-hybridized carbons (Fsp3) is 0.857. The summed E-state index contributed by atoms with van der Waals surface area (Å²) in [5.74, 6) is -1.22. The summed E-state index contributed by atoms with van der Waals surface area (Å²) in [5.41, 5.74) is 0. The molecule has 0 aromatic heterocycles. The van der Waals surface area contributed by atoms with Gasteiger partial charge in [0.25, 0.3) is 0 Å². The second-order valence-corrected chi connectivity index (χ2v) is 5.61. The summed E-state index contributed by atoms with van der Waals surface area (Å²) >= 11 is 0. The van der Waals surface area contributed by atoms with Crippen LogP contribution in [0.4, 0.5) is 0 Å². The molecule has 0 aromatic rings. The van der Waals surface area contributed by atoms with E-state index in [1.807, 2.05) is 0 Å². The molecule has 5 heteroatoms. The maximum Gasteiger partial charge on any atom is 0.306 e. The van der Waals surface area contributed by atoms with Crippen molar-refractivity contribution in [2.45, 2.75) is 51.0 Å². The standard InChI is InChI=1S/C14H23NO4/c16-13(15-7-6-12-5-2-8-19-12)10-3-1-4-11(9-10)14(17)18/h10-12H,1-9H2,(H,15,16)(H,17,18)/t10-,11+,12-/m0/s1. The molecule has 1 saturated heterocycles. The van der Waals surface area contributed by atoms with E-state index in [0.29, 0.717) is 25.5 Å². The van der Waals surface area contributed by atoms with Crippen molar-refractivity contribution in [1.82, 2.24) is 5.32 Å². The first-order valence-corrected chi connectivity index (χ1v) is 7.29. The highest BCUT2D eigenvalue weighted by Crippen LogP contribution is 2.29. The monoisotopic (exact) mass is 269 g/mol. The molecule has 5 nitrogen and oxygen atoms in total. The SMILES string of the molecule is O=C(O)[C@@H]1CCC[C@H](C(=O)NCC[C@@H]2CCCO2)C1. The minimum Gasteiger partial charge on any atom is -0.481 e. The van der Waals surface area contributed by atoms with Crippen molar-refractivity contribution < 1.29 is 19.4 Å². The molecule has 1 amide bonds. The van der Waals surface area contributed by atoms with Crippen molar-refractivity contribution >= 4 is 11.9 Å². The predicted octanol–water partition coefficient (Wildman–Crippen LogP) is 1.56. The Bertz CT molecular complexity index is 325. The Morgan fingerprint density at radius 3 is 2.63 bits per heavy atom. The van der Waals surface area contributed by atoms with Crippen LogP contribution < -0.4 is 5.32 Å². The number of hydrogen-bond acceptors (Lipinski definition) is 3. The Morgan fingerprint density at radius 2 is 1.95 bits per heavy atom. The molecule has 2 fully saturated rings. The Kier molecular flexibility index (Phi) is 5.19. The van der Waals surface area contributed by atoms with Crippen molar-refractivity contribution in [3.05, 3.63) is 0 Å². The van der Waals surface area contributed by atoms with Gasteiger partial charge >= 0.3 is 5.97 Å². The minimum atomic E-state index is -0.767. The molecule has 1 aliphatic heterocycles. The molecule has 1 heterocycles. The van der Waals surface area contributed by atoms with Crippen molar-refractivity contribution in [3.63, 3.8) is 0 Å². The van der Waals surface area contributed by atoms with E-state index < -0.39 is 5.97 Å². The molecule has 0 radical (unpaired) electrons. The van der Waals surface area contributed by atoms with Crippen LogP contribution in [0.25, 0.3) is 0 Å². The third kappa shape index (κ3) is 4.20. The van der Waals surface area contributed by atoms with Crippen LogP contribution in [-0.2, 0) is 14.3 Å². The van der Waals surface area contributed by atoms with Gasteiger partial charge in [-0.05, 0) is 38.5 Å². The molecule has 3 atom stereocenters. The van der Waals surface area contributed by atoms with Gasteiger partial charge in [0.05, 0.1) is 12.0 Å². The van der Waals surface area contributed by atoms with Crippen LogP contribution in [0.1, 0.15) is 44.9 Å². The lowest BCUT2D eigenvalue weighted by Crippen LogP contribution is -2.36. The summed E-state index contributed by atoms with van der Waals surface area (Å²) in [6.07, 6.45) is 6.19. The summed E-state index contributed by atoms with van der Waals surface area (Å²) in [6, 6.07) is 0. The zero-order valence-electron chi connectivity index (χ0n) is 11.3. The lowest BCUT2D eigenvalue weighted by molar-refractivity contribution is -0.144. The number of amides is 1. The van der Waals surface area contributed by atoms with E-state index in [1.54, 1.807) is 0 Å². The van der Waals surface area contributed by atoms with E-state index in [0.717, 1.165) is 38.7 Å². The minimum absolute atomic E-state index is 0.0175. The number of hydrogen-bond donors (Lipinski definition) is 2. The third-order valence-corrected chi connectivity index (χ3v) is 4.18. The lowest BCUT2D eigenvalue weighted by atomic mass is 9.81. The first kappa shape index (κ1) is 14.3. The number of carbonyl (C=O) groups is 2. The van der Waals surface area contributed by atoms with E-state index in [-0.39, 0.29) is 17.7 Å². The smallest absolute Gasteiger partial charge is 0.306 e. The molecule has 1 aliphatic carbocycles. The summed E-state index contributed by atoms with van der Waals surface area (Å²) in [7, 11) is 0. The molecule has 0 unspecified atom stereocenters. The quantitative estimate of drug-likeness (QED) is 0.794. The lowest BCUT2D eigenvalue weighted by Gasteiger charge is -2.25. The van der Waals surface area contributed by atoms with Gasteiger partial charge < -0.3 is 15.2 Å². The van der Waals surface area contributed by atoms with Crippen molar-refractivity contribution in [1.29, 1.82) is 0 Å². The predicted molar refractivity (Wildman–Crippen MR) is 69.7 cm³/mol. The molecule has 1 saturated carbocycles. The van der Waals surface area contributed by atoms with Gasteiger partial charge in [0.1, 0.15) is 0 Å². The topological polar surface area (TPSA) is 75.6 Å². The molecule has 2 aliphatic rings. The van der Waals surface area contributed by atoms with Crippen LogP contribution in [0.3, 0.4) is 0 Å². The van der Waals surface area contributed by atoms with Crippen molar-refractivity contribution in [2.24, 2.45) is 11.8 Å². The van der Waals surface area contributed by atoms with E-state index in [2.05, 4.69) is 5.32 Å². The second-order valence-electron chi connectivity index (χ2n) is 5.61. The van der Waals surface area contributed by atoms with E-state index in [9.17, 15) is 9.59 Å². The Labute approximate surface area is 113 Å². The van der Waals surface area contributed by atoms with Gasteiger partial charge in [0.15, 0.2) is 0 Å². The molecule has 19 heavy (non-hydrogen) atoms. The molecule has 2 rings (SSSR count). The van der Waals surface area contributed by atoms with E-state index in [4.69, 9.17) is 9.84 Å². The van der Waals surface area contributed by atoms with Gasteiger partial charge in [-0.25, -0.2) is 0 Å². The number of nitrogens with one attached hydrogen (secondary N) is 1. The molecule has 2 N–H and O–H groups in total. The van der Waals surface area contributed by atoms with E-state index >= 15 is 0 Å². The molecule has 0 spiro atoms. The van der Waals surface area contributed by atoms with Crippen LogP contribution in [0.5, 0.6) is 0 Å². The van der Waals surface area contributed by atoms with Gasteiger partial charge in [-0.2, -0.15) is 0 Å². The highest BCUT2D eigenvalue weighted by Gasteiger charge is 2.30. The van der Waals surface area contributed by atoms with Crippen molar-refractivity contribution in [2.75, 3.05) is 13.2 Å². The Morgan fingerprint density at radius 1 is 1.16 bits per heavy atom. The van der Waals surface area contributed by atoms with Gasteiger partial charge in [-0.15, -0.1) is 0 Å². The summed E-state index contributed by atoms with van der Waals surface area (Å²) in [6.45, 7) is 1.47. The third-order valence-electron chi connectivity index (χ3n) is 4.18. The first-order valence-electron chi connectivity index (χ1n) is 7.29. The number of rotatable bonds is 5. The van der Waals surface area contributed by atoms with Crippen molar-refractivity contribution in [3.8, 4) is 0 Å². The summed E-state index contributed by atoms with van der Waals surface area (Å²) in [4.78, 5) is 23.0. The van der Waals surface area contributed by atoms with Gasteiger partial charge in [-0.3, -0.25) is 9.59 Å². The average molecular weight is 269 g/mol. The highest BCUT2D eigenvalue weighted by molar-refractivity contribution is 5.80. The van der Waals surface area contributed by atoms with Crippen LogP contribution in [-0.4, -0.2) is 36.2 Å². The zero-order valence-corrected chi connectivity index (χ0v) is 11.3. The fourth-order valence-corrected chi connectivity index (χ4v) is 3.02. The molecule has 108 valence electrons. The second kappa shape index (κ2) is 6.89. The largest absolute Gasteiger partial charge is 0.481 e. The van der Waals surface area contributed by atoms with Gasteiger partial charge in [0, 0.05) is 19.1 Å². The van der Waals surface area contributed by atoms with Crippen LogP contribution in [0.2, 0.25) is 0 Å². The maximum absolute atomic E-state index is 12.0. The van der Waals surface area contributed by atoms with Crippen LogP contribution in [0.15, 0.2) is 0 Å². The maximum atomic E-state index is 12.0. The number of carbonyl (C=O) groups excluding carboxylic acids is 1. The first-order chi connectivity index (χ1) is 9.16. The van der Waals surface area contributed by atoms with Crippen LogP contribution >= 0.6 is 0 Å². The van der Waals surface area contributed by atoms with E-state index in [1.165, 1.54) is 0 Å². The van der Waals surface area contributed by atoms with Gasteiger partial charge in [0.2, 0.25) is 5.91 Å².